The fourth-order valence-electron chi connectivity index (χ4n) is 4.80. The van der Waals surface area contributed by atoms with Crippen LogP contribution in [0.1, 0.15) is 36.1 Å². The van der Waals surface area contributed by atoms with Crippen molar-refractivity contribution in [3.8, 4) is 0 Å². The van der Waals surface area contributed by atoms with E-state index in [0.29, 0.717) is 17.2 Å². The van der Waals surface area contributed by atoms with E-state index in [9.17, 15) is 8.42 Å². The summed E-state index contributed by atoms with van der Waals surface area (Å²) >= 11 is 12.5. The molecule has 1 fully saturated rings. The average molecular weight is 481 g/mol. The Morgan fingerprint density at radius 2 is 1.97 bits per heavy atom. The lowest BCUT2D eigenvalue weighted by Crippen LogP contribution is -2.39. The Hall–Kier alpha value is -1.91. The van der Waals surface area contributed by atoms with Crippen molar-refractivity contribution in [2.75, 3.05) is 18.4 Å². The maximum absolute atomic E-state index is 11.6. The quantitative estimate of drug-likeness (QED) is 0.528. The summed E-state index contributed by atoms with van der Waals surface area (Å²) in [5.41, 5.74) is 3.83. The second-order valence-corrected chi connectivity index (χ2v) is 10.6. The number of rotatable bonds is 4. The molecule has 1 spiro atoms. The Morgan fingerprint density at radius 1 is 1.19 bits per heavy atom. The predicted molar refractivity (Wildman–Crippen MR) is 120 cm³/mol. The van der Waals surface area contributed by atoms with Gasteiger partial charge in [0.2, 0.25) is 10.0 Å². The fourth-order valence-corrected chi connectivity index (χ4v) is 6.08. The van der Waals surface area contributed by atoms with Crippen LogP contribution in [0.2, 0.25) is 10.0 Å². The van der Waals surface area contributed by atoms with E-state index in [0.717, 1.165) is 55.8 Å². The molecule has 0 saturated carbocycles. The highest BCUT2D eigenvalue weighted by Crippen LogP contribution is 2.47. The molecule has 1 aliphatic heterocycles. The van der Waals surface area contributed by atoms with Gasteiger partial charge in [-0.15, -0.1) is 0 Å². The maximum atomic E-state index is 11.6. The molecule has 0 bridgehead atoms. The second kappa shape index (κ2) is 7.60. The summed E-state index contributed by atoms with van der Waals surface area (Å²) in [7, 11) is -3.86. The summed E-state index contributed by atoms with van der Waals surface area (Å²) in [6.07, 6.45) is 5.70. The van der Waals surface area contributed by atoms with E-state index in [1.807, 2.05) is 0 Å². The molecule has 2 aromatic heterocycles. The molecule has 0 amide bonds. The smallest absolute Gasteiger partial charge is 0.239 e. The number of piperidine rings is 1. The maximum Gasteiger partial charge on any atom is 0.239 e. The molecule has 2 aliphatic rings. The van der Waals surface area contributed by atoms with Crippen LogP contribution in [-0.2, 0) is 28.4 Å². The molecule has 11 heteroatoms. The molecule has 0 atom stereocenters. The topological polar surface area (TPSA) is 114 Å². The van der Waals surface area contributed by atoms with Crippen LogP contribution in [-0.4, -0.2) is 36.1 Å². The molecule has 0 radical (unpaired) electrons. The number of benzene rings is 1. The Labute approximate surface area is 190 Å². The van der Waals surface area contributed by atoms with E-state index in [1.165, 1.54) is 11.6 Å². The van der Waals surface area contributed by atoms with E-state index in [4.69, 9.17) is 33.3 Å². The summed E-state index contributed by atoms with van der Waals surface area (Å²) in [5, 5.41) is 17.2. The fraction of sp³-hybridized carbons (Fsp3) is 0.400. The Morgan fingerprint density at radius 3 is 2.68 bits per heavy atom. The van der Waals surface area contributed by atoms with Gasteiger partial charge in [0.05, 0.1) is 16.9 Å². The first kappa shape index (κ1) is 21.0. The number of nitrogens with one attached hydrogen (secondary N) is 2. The molecule has 164 valence electrons. The summed E-state index contributed by atoms with van der Waals surface area (Å²) in [6, 6.07) is 4.73. The molecular formula is C20H22Cl2N6O2S. The molecule has 3 aromatic rings. The van der Waals surface area contributed by atoms with Gasteiger partial charge in [-0.3, -0.25) is 0 Å². The highest BCUT2D eigenvalue weighted by atomic mass is 35.5. The minimum atomic E-state index is -3.86. The summed E-state index contributed by atoms with van der Waals surface area (Å²) < 4.78 is 25.0. The number of primary sulfonamides is 1. The van der Waals surface area contributed by atoms with Crippen LogP contribution >= 0.6 is 23.2 Å². The Balaban J connectivity index is 1.53. The van der Waals surface area contributed by atoms with Crippen LogP contribution in [0.4, 0.5) is 5.82 Å². The van der Waals surface area contributed by atoms with E-state index in [1.54, 1.807) is 22.8 Å². The molecule has 31 heavy (non-hydrogen) atoms. The standard InChI is InChI=1S/C20H22Cl2N6O2S/c21-14-9-12(1-2-16(14)31(23,29)30)10-25-18-13-3-4-20(5-7-24-8-6-20)17(13)27-19-15(22)11-26-28(18)19/h1-2,9,11,24-25H,3-8,10H2,(H2,23,29,30). The van der Waals surface area contributed by atoms with Gasteiger partial charge in [0.15, 0.2) is 5.65 Å². The SMILES string of the molecule is NS(=O)(=O)c1ccc(CNc2c3c(nc4c(Cl)cnn24)C2(CCNCC2)CC3)cc1Cl. The third kappa shape index (κ3) is 3.58. The number of hydrogen-bond acceptors (Lipinski definition) is 6. The highest BCUT2D eigenvalue weighted by Gasteiger charge is 2.43. The number of halogens is 2. The molecule has 0 unspecified atom stereocenters. The van der Waals surface area contributed by atoms with E-state index < -0.39 is 10.0 Å². The number of sulfonamides is 1. The van der Waals surface area contributed by atoms with E-state index >= 15 is 0 Å². The van der Waals surface area contributed by atoms with Crippen molar-refractivity contribution in [3.63, 3.8) is 0 Å². The monoisotopic (exact) mass is 480 g/mol. The molecule has 4 N–H and O–H groups in total. The van der Waals surface area contributed by atoms with Crippen molar-refractivity contribution in [3.05, 3.63) is 51.3 Å². The molecule has 1 saturated heterocycles. The van der Waals surface area contributed by atoms with Gasteiger partial charge in [-0.05, 0) is 56.5 Å². The summed E-state index contributed by atoms with van der Waals surface area (Å²) in [6.45, 7) is 2.40. The zero-order chi connectivity index (χ0) is 21.8. The summed E-state index contributed by atoms with van der Waals surface area (Å²) in [4.78, 5) is 4.87. The predicted octanol–water partition coefficient (Wildman–Crippen LogP) is 2.86. The minimum Gasteiger partial charge on any atom is -0.366 e. The molecule has 8 nitrogen and oxygen atoms in total. The summed E-state index contributed by atoms with van der Waals surface area (Å²) in [5.74, 6) is 0.869. The van der Waals surface area contributed by atoms with Crippen LogP contribution in [0.15, 0.2) is 29.3 Å². The average Bonchev–Trinajstić information content (AvgIpc) is 3.27. The zero-order valence-electron chi connectivity index (χ0n) is 16.7. The lowest BCUT2D eigenvalue weighted by molar-refractivity contribution is 0.301. The van der Waals surface area contributed by atoms with Crippen LogP contribution in [0.5, 0.6) is 0 Å². The third-order valence-electron chi connectivity index (χ3n) is 6.38. The van der Waals surface area contributed by atoms with Gasteiger partial charge in [0, 0.05) is 17.5 Å². The molecule has 3 heterocycles. The lowest BCUT2D eigenvalue weighted by atomic mass is 9.77. The van der Waals surface area contributed by atoms with Gasteiger partial charge in [0.25, 0.3) is 0 Å². The molecule has 1 aromatic carbocycles. The second-order valence-electron chi connectivity index (χ2n) is 8.21. The van der Waals surface area contributed by atoms with Crippen molar-refractivity contribution < 1.29 is 8.42 Å². The Kier molecular flexibility index (Phi) is 5.14. The highest BCUT2D eigenvalue weighted by molar-refractivity contribution is 7.89. The van der Waals surface area contributed by atoms with Crippen molar-refractivity contribution in [1.82, 2.24) is 19.9 Å². The van der Waals surface area contributed by atoms with Crippen LogP contribution in [0, 0.1) is 0 Å². The van der Waals surface area contributed by atoms with E-state index in [-0.39, 0.29) is 15.3 Å². The number of nitrogens with zero attached hydrogens (tertiary/aromatic N) is 3. The van der Waals surface area contributed by atoms with Gasteiger partial charge in [-0.2, -0.15) is 9.61 Å². The number of anilines is 1. The first-order chi connectivity index (χ1) is 14.8. The number of aromatic nitrogens is 3. The molecule has 5 rings (SSSR count). The first-order valence-corrected chi connectivity index (χ1v) is 12.4. The third-order valence-corrected chi connectivity index (χ3v) is 8.04. The van der Waals surface area contributed by atoms with E-state index in [2.05, 4.69) is 15.7 Å². The Bertz CT molecular complexity index is 1280. The molecular weight excluding hydrogens is 459 g/mol. The number of nitrogens with two attached hydrogens (primary N) is 1. The zero-order valence-corrected chi connectivity index (χ0v) is 19.0. The van der Waals surface area contributed by atoms with Gasteiger partial charge < -0.3 is 10.6 Å². The van der Waals surface area contributed by atoms with Crippen LogP contribution < -0.4 is 15.8 Å². The minimum absolute atomic E-state index is 0.0762. The van der Waals surface area contributed by atoms with Gasteiger partial charge in [-0.1, -0.05) is 29.3 Å². The normalized spacial score (nSPS) is 17.9. The van der Waals surface area contributed by atoms with Crippen molar-refractivity contribution in [2.45, 2.75) is 42.5 Å². The number of hydrogen-bond donors (Lipinski definition) is 3. The van der Waals surface area contributed by atoms with Crippen molar-refractivity contribution in [1.29, 1.82) is 0 Å². The van der Waals surface area contributed by atoms with Crippen LogP contribution in [0.3, 0.4) is 0 Å². The first-order valence-electron chi connectivity index (χ1n) is 10.1. The van der Waals surface area contributed by atoms with Crippen molar-refractivity contribution in [2.24, 2.45) is 5.14 Å². The number of fused-ring (bicyclic) bond motifs is 3. The van der Waals surface area contributed by atoms with Crippen LogP contribution in [0.25, 0.3) is 5.65 Å². The lowest BCUT2D eigenvalue weighted by Gasteiger charge is -2.34. The molecule has 1 aliphatic carbocycles. The van der Waals surface area contributed by atoms with Gasteiger partial charge in [-0.25, -0.2) is 18.5 Å². The van der Waals surface area contributed by atoms with Crippen molar-refractivity contribution >= 4 is 44.7 Å². The van der Waals surface area contributed by atoms with Gasteiger partial charge >= 0.3 is 0 Å². The van der Waals surface area contributed by atoms with Gasteiger partial charge in [0.1, 0.15) is 15.7 Å². The largest absolute Gasteiger partial charge is 0.366 e.